The van der Waals surface area contributed by atoms with E-state index < -0.39 is 0 Å². The van der Waals surface area contributed by atoms with Crippen LogP contribution >= 0.6 is 27.5 Å². The Bertz CT molecular complexity index is 760. The molecule has 0 unspecified atom stereocenters. The van der Waals surface area contributed by atoms with Gasteiger partial charge in [0.25, 0.3) is 0 Å². The van der Waals surface area contributed by atoms with Gasteiger partial charge >= 0.3 is 0 Å². The lowest BCUT2D eigenvalue weighted by molar-refractivity contribution is 0.479. The maximum absolute atomic E-state index is 5.91. The zero-order valence-electron chi connectivity index (χ0n) is 10.5. The van der Waals surface area contributed by atoms with Crippen LogP contribution in [0.2, 0.25) is 0 Å². The van der Waals surface area contributed by atoms with Crippen molar-refractivity contribution in [3.05, 3.63) is 64.9 Å². The molecule has 0 aliphatic heterocycles. The first-order valence-electron chi connectivity index (χ1n) is 6.14. The molecule has 0 saturated heterocycles. The van der Waals surface area contributed by atoms with E-state index in [9.17, 15) is 0 Å². The average Bonchev–Trinajstić information content (AvgIpc) is 2.50. The first kappa shape index (κ1) is 13.4. The highest BCUT2D eigenvalue weighted by Gasteiger charge is 2.07. The largest absolute Gasteiger partial charge is 0.456 e. The van der Waals surface area contributed by atoms with Crippen LogP contribution in [-0.4, -0.2) is 4.98 Å². The van der Waals surface area contributed by atoms with Gasteiger partial charge in [-0.05, 0) is 38.8 Å². The number of pyridine rings is 1. The van der Waals surface area contributed by atoms with E-state index in [0.717, 1.165) is 27.1 Å². The molecule has 2 aromatic carbocycles. The summed E-state index contributed by atoms with van der Waals surface area (Å²) < 4.78 is 6.86. The molecular formula is C16H11BrClNO. The number of hydrogen-bond acceptors (Lipinski definition) is 2. The minimum absolute atomic E-state index is 0.371. The Balaban J connectivity index is 2.00. The lowest BCUT2D eigenvalue weighted by atomic mass is 10.1. The van der Waals surface area contributed by atoms with E-state index >= 15 is 0 Å². The third-order valence-corrected chi connectivity index (χ3v) is 4.07. The molecule has 2 nitrogen and oxygen atoms in total. The van der Waals surface area contributed by atoms with Gasteiger partial charge in [0.1, 0.15) is 11.5 Å². The molecule has 0 radical (unpaired) electrons. The molecule has 0 atom stereocenters. The molecule has 0 saturated carbocycles. The van der Waals surface area contributed by atoms with Gasteiger partial charge < -0.3 is 4.74 Å². The number of hydrogen-bond donors (Lipinski definition) is 0. The van der Waals surface area contributed by atoms with Crippen molar-refractivity contribution in [3.63, 3.8) is 0 Å². The molecule has 0 aliphatic rings. The highest BCUT2D eigenvalue weighted by Crippen LogP contribution is 2.35. The Morgan fingerprint density at radius 2 is 1.95 bits per heavy atom. The number of benzene rings is 2. The summed E-state index contributed by atoms with van der Waals surface area (Å²) in [5.41, 5.74) is 0.793. The van der Waals surface area contributed by atoms with Crippen LogP contribution in [-0.2, 0) is 5.88 Å². The molecule has 0 spiro atoms. The third kappa shape index (κ3) is 2.65. The van der Waals surface area contributed by atoms with Crippen molar-refractivity contribution in [2.75, 3.05) is 0 Å². The van der Waals surface area contributed by atoms with E-state index in [4.69, 9.17) is 16.3 Å². The van der Waals surface area contributed by atoms with Crippen molar-refractivity contribution >= 4 is 38.3 Å². The van der Waals surface area contributed by atoms with Crippen molar-refractivity contribution in [3.8, 4) is 11.5 Å². The van der Waals surface area contributed by atoms with Crippen LogP contribution in [0.15, 0.2) is 59.2 Å². The number of fused-ring (bicyclic) bond motifs is 1. The van der Waals surface area contributed by atoms with Crippen molar-refractivity contribution < 1.29 is 4.74 Å². The summed E-state index contributed by atoms with van der Waals surface area (Å²) in [6.07, 6.45) is 1.70. The summed E-state index contributed by atoms with van der Waals surface area (Å²) in [6, 6.07) is 15.8. The van der Waals surface area contributed by atoms with Crippen molar-refractivity contribution in [2.45, 2.75) is 5.88 Å². The number of halogens is 2. The van der Waals surface area contributed by atoms with Crippen LogP contribution in [0.3, 0.4) is 0 Å². The number of alkyl halides is 1. The highest BCUT2D eigenvalue weighted by molar-refractivity contribution is 9.10. The molecule has 0 fully saturated rings. The Labute approximate surface area is 130 Å². The fraction of sp³-hybridized carbons (Fsp3) is 0.0625. The molecule has 3 rings (SSSR count). The predicted molar refractivity (Wildman–Crippen MR) is 85.5 cm³/mol. The van der Waals surface area contributed by atoms with Gasteiger partial charge in [-0.1, -0.05) is 30.3 Å². The average molecular weight is 349 g/mol. The monoisotopic (exact) mass is 347 g/mol. The second-order valence-electron chi connectivity index (χ2n) is 4.32. The first-order chi connectivity index (χ1) is 9.78. The summed E-state index contributed by atoms with van der Waals surface area (Å²) in [5.74, 6) is 1.87. The SMILES string of the molecule is ClCc1cc(Oc2ccc3ccccc3c2Br)ccn1. The molecule has 0 N–H and O–H groups in total. The first-order valence-corrected chi connectivity index (χ1v) is 7.46. The number of ether oxygens (including phenoxy) is 1. The molecule has 0 aliphatic carbocycles. The zero-order chi connectivity index (χ0) is 13.9. The lowest BCUT2D eigenvalue weighted by Crippen LogP contribution is -1.90. The molecule has 1 heterocycles. The fourth-order valence-electron chi connectivity index (χ4n) is 2.01. The van der Waals surface area contributed by atoms with Gasteiger partial charge in [-0.15, -0.1) is 11.6 Å². The van der Waals surface area contributed by atoms with E-state index in [1.165, 1.54) is 5.39 Å². The van der Waals surface area contributed by atoms with Gasteiger partial charge in [-0.2, -0.15) is 0 Å². The Hall–Kier alpha value is -1.58. The minimum atomic E-state index is 0.371. The van der Waals surface area contributed by atoms with Crippen molar-refractivity contribution in [2.24, 2.45) is 0 Å². The van der Waals surface area contributed by atoms with Crippen LogP contribution in [0.1, 0.15) is 5.69 Å². The van der Waals surface area contributed by atoms with Crippen LogP contribution in [0.5, 0.6) is 11.5 Å². The molecule has 20 heavy (non-hydrogen) atoms. The van der Waals surface area contributed by atoms with Gasteiger partial charge in [0.15, 0.2) is 0 Å². The van der Waals surface area contributed by atoms with Gasteiger partial charge in [0, 0.05) is 12.3 Å². The van der Waals surface area contributed by atoms with Crippen LogP contribution < -0.4 is 4.74 Å². The smallest absolute Gasteiger partial charge is 0.142 e. The maximum Gasteiger partial charge on any atom is 0.142 e. The van der Waals surface area contributed by atoms with E-state index in [0.29, 0.717) is 5.88 Å². The zero-order valence-corrected chi connectivity index (χ0v) is 12.9. The lowest BCUT2D eigenvalue weighted by Gasteiger charge is -2.10. The van der Waals surface area contributed by atoms with Crippen LogP contribution in [0, 0.1) is 0 Å². The van der Waals surface area contributed by atoms with E-state index in [2.05, 4.69) is 33.0 Å². The standard InChI is InChI=1S/C16H11BrClNO/c17-16-14-4-2-1-3-11(14)5-6-15(16)20-13-7-8-19-12(9-13)10-18/h1-9H,10H2. The summed E-state index contributed by atoms with van der Waals surface area (Å²) in [5, 5.41) is 2.29. The molecule has 0 amide bonds. The third-order valence-electron chi connectivity index (χ3n) is 2.98. The minimum Gasteiger partial charge on any atom is -0.456 e. The highest BCUT2D eigenvalue weighted by atomic mass is 79.9. The Kier molecular flexibility index (Phi) is 3.90. The van der Waals surface area contributed by atoms with Gasteiger partial charge in [-0.25, -0.2) is 0 Å². The molecule has 100 valence electrons. The topological polar surface area (TPSA) is 22.1 Å². The normalized spacial score (nSPS) is 10.7. The molecule has 0 bridgehead atoms. The second kappa shape index (κ2) is 5.81. The summed E-state index contributed by atoms with van der Waals surface area (Å²) in [4.78, 5) is 4.15. The summed E-state index contributed by atoms with van der Waals surface area (Å²) in [7, 11) is 0. The quantitative estimate of drug-likeness (QED) is 0.581. The van der Waals surface area contributed by atoms with E-state index in [1.54, 1.807) is 6.20 Å². The second-order valence-corrected chi connectivity index (χ2v) is 5.38. The molecule has 3 aromatic rings. The van der Waals surface area contributed by atoms with Gasteiger partial charge in [0.2, 0.25) is 0 Å². The van der Waals surface area contributed by atoms with E-state index in [-0.39, 0.29) is 0 Å². The Morgan fingerprint density at radius 3 is 2.80 bits per heavy atom. The van der Waals surface area contributed by atoms with E-state index in [1.807, 2.05) is 36.4 Å². The van der Waals surface area contributed by atoms with Crippen LogP contribution in [0.25, 0.3) is 10.8 Å². The molecular weight excluding hydrogens is 338 g/mol. The molecule has 4 heteroatoms. The number of nitrogens with zero attached hydrogens (tertiary/aromatic N) is 1. The number of rotatable bonds is 3. The molecule has 1 aromatic heterocycles. The predicted octanol–water partition coefficient (Wildman–Crippen LogP) is 5.53. The maximum atomic E-state index is 5.91. The summed E-state index contributed by atoms with van der Waals surface area (Å²) in [6.45, 7) is 0. The summed E-state index contributed by atoms with van der Waals surface area (Å²) >= 11 is 9.39. The van der Waals surface area contributed by atoms with Gasteiger partial charge in [0.05, 0.1) is 16.0 Å². The number of aromatic nitrogens is 1. The van der Waals surface area contributed by atoms with Crippen molar-refractivity contribution in [1.29, 1.82) is 0 Å². The van der Waals surface area contributed by atoms with Gasteiger partial charge in [-0.3, -0.25) is 4.98 Å². The van der Waals surface area contributed by atoms with Crippen molar-refractivity contribution in [1.82, 2.24) is 4.98 Å². The fourth-order valence-corrected chi connectivity index (χ4v) is 2.73. The Morgan fingerprint density at radius 1 is 1.10 bits per heavy atom. The van der Waals surface area contributed by atoms with Crippen LogP contribution in [0.4, 0.5) is 0 Å².